The summed E-state index contributed by atoms with van der Waals surface area (Å²) in [5.74, 6) is 5.00. The fraction of sp³-hybridized carbons (Fsp3) is 0.0833. The number of hydrogen-bond donors (Lipinski definition) is 3. The van der Waals surface area contributed by atoms with Crippen molar-refractivity contribution in [1.29, 1.82) is 0 Å². The molecule has 0 unspecified atom stereocenters. The maximum absolute atomic E-state index is 12.8. The topological polar surface area (TPSA) is 63.0 Å². The number of pyridine rings is 1. The number of hydrogen-bond acceptors (Lipinski definition) is 4. The SMILES string of the molecule is NNc1cc(C(F)(F)F)cc(Nc2ccccc2Cl)n1. The van der Waals surface area contributed by atoms with E-state index in [0.717, 1.165) is 12.1 Å². The van der Waals surface area contributed by atoms with Gasteiger partial charge in [-0.05, 0) is 24.3 Å². The predicted molar refractivity (Wildman–Crippen MR) is 71.8 cm³/mol. The molecule has 4 N–H and O–H groups in total. The van der Waals surface area contributed by atoms with Crippen LogP contribution in [0.25, 0.3) is 0 Å². The van der Waals surface area contributed by atoms with E-state index in [1.54, 1.807) is 24.3 Å². The van der Waals surface area contributed by atoms with E-state index in [2.05, 4.69) is 15.7 Å². The Morgan fingerprint density at radius 2 is 1.75 bits per heavy atom. The highest BCUT2D eigenvalue weighted by molar-refractivity contribution is 6.33. The molecule has 8 heteroatoms. The van der Waals surface area contributed by atoms with Crippen molar-refractivity contribution in [2.75, 3.05) is 10.7 Å². The van der Waals surface area contributed by atoms with Crippen molar-refractivity contribution < 1.29 is 13.2 Å². The van der Waals surface area contributed by atoms with Crippen molar-refractivity contribution in [3.05, 3.63) is 47.0 Å². The minimum atomic E-state index is -4.49. The number of anilines is 3. The molecule has 4 nitrogen and oxygen atoms in total. The Kier molecular flexibility index (Phi) is 4.01. The molecule has 0 atom stereocenters. The second-order valence-electron chi connectivity index (χ2n) is 3.87. The number of nitrogens with zero attached hydrogens (tertiary/aromatic N) is 1. The fourth-order valence-corrected chi connectivity index (χ4v) is 1.72. The number of halogens is 4. The first-order chi connectivity index (χ1) is 9.40. The van der Waals surface area contributed by atoms with Gasteiger partial charge in [-0.1, -0.05) is 23.7 Å². The van der Waals surface area contributed by atoms with Crippen molar-refractivity contribution in [2.24, 2.45) is 5.84 Å². The third kappa shape index (κ3) is 3.31. The first-order valence-electron chi connectivity index (χ1n) is 5.47. The van der Waals surface area contributed by atoms with E-state index in [0.29, 0.717) is 10.7 Å². The molecule has 0 radical (unpaired) electrons. The van der Waals surface area contributed by atoms with Gasteiger partial charge in [-0.3, -0.25) is 0 Å². The van der Waals surface area contributed by atoms with Gasteiger partial charge in [0.15, 0.2) is 0 Å². The second kappa shape index (κ2) is 5.56. The molecule has 2 aromatic rings. The lowest BCUT2D eigenvalue weighted by Crippen LogP contribution is -2.13. The van der Waals surface area contributed by atoms with E-state index < -0.39 is 11.7 Å². The minimum Gasteiger partial charge on any atom is -0.339 e. The van der Waals surface area contributed by atoms with Crippen LogP contribution in [0.1, 0.15) is 5.56 Å². The molecule has 0 aliphatic rings. The molecule has 2 rings (SSSR count). The lowest BCUT2D eigenvalue weighted by atomic mass is 10.2. The van der Waals surface area contributed by atoms with Gasteiger partial charge in [-0.2, -0.15) is 13.2 Å². The zero-order valence-corrected chi connectivity index (χ0v) is 10.8. The zero-order valence-electron chi connectivity index (χ0n) is 10.0. The van der Waals surface area contributed by atoms with Crippen LogP contribution in [-0.2, 0) is 6.18 Å². The molecule has 0 saturated heterocycles. The third-order valence-electron chi connectivity index (χ3n) is 2.44. The number of nitrogens with one attached hydrogen (secondary N) is 2. The zero-order chi connectivity index (χ0) is 14.8. The summed E-state index contributed by atoms with van der Waals surface area (Å²) in [6.07, 6.45) is -4.49. The number of rotatable bonds is 3. The number of aromatic nitrogens is 1. The van der Waals surface area contributed by atoms with Gasteiger partial charge in [0.2, 0.25) is 0 Å². The molecule has 1 heterocycles. The van der Waals surface area contributed by atoms with Crippen molar-refractivity contribution in [3.8, 4) is 0 Å². The summed E-state index contributed by atoms with van der Waals surface area (Å²) in [7, 11) is 0. The Hall–Kier alpha value is -1.99. The van der Waals surface area contributed by atoms with Crippen LogP contribution < -0.4 is 16.6 Å². The molecule has 0 saturated carbocycles. The molecule has 0 aliphatic heterocycles. The van der Waals surface area contributed by atoms with Crippen molar-refractivity contribution >= 4 is 28.9 Å². The van der Waals surface area contributed by atoms with E-state index in [1.807, 2.05) is 0 Å². The Labute approximate surface area is 117 Å². The number of para-hydroxylation sites is 1. The number of alkyl halides is 3. The van der Waals surface area contributed by atoms with E-state index in [4.69, 9.17) is 17.4 Å². The van der Waals surface area contributed by atoms with Gasteiger partial charge in [0.25, 0.3) is 0 Å². The quantitative estimate of drug-likeness (QED) is 0.596. The van der Waals surface area contributed by atoms with E-state index in [-0.39, 0.29) is 11.6 Å². The summed E-state index contributed by atoms with van der Waals surface area (Å²) in [5, 5.41) is 3.09. The number of nitrogen functional groups attached to an aromatic ring is 1. The predicted octanol–water partition coefficient (Wildman–Crippen LogP) is 3.78. The summed E-state index contributed by atoms with van der Waals surface area (Å²) in [4.78, 5) is 3.90. The number of benzene rings is 1. The van der Waals surface area contributed by atoms with Crippen LogP contribution in [0.4, 0.5) is 30.5 Å². The fourth-order valence-electron chi connectivity index (χ4n) is 1.53. The first-order valence-corrected chi connectivity index (χ1v) is 5.85. The third-order valence-corrected chi connectivity index (χ3v) is 2.77. The summed E-state index contributed by atoms with van der Waals surface area (Å²) in [5.41, 5.74) is 1.68. The highest BCUT2D eigenvalue weighted by atomic mass is 35.5. The van der Waals surface area contributed by atoms with Gasteiger partial charge in [-0.25, -0.2) is 10.8 Å². The highest BCUT2D eigenvalue weighted by Gasteiger charge is 2.31. The largest absolute Gasteiger partial charge is 0.416 e. The van der Waals surface area contributed by atoms with Gasteiger partial charge < -0.3 is 10.7 Å². The smallest absolute Gasteiger partial charge is 0.339 e. The first kappa shape index (κ1) is 14.4. The Bertz CT molecular complexity index is 616. The van der Waals surface area contributed by atoms with Crippen LogP contribution in [0.15, 0.2) is 36.4 Å². The molecule has 0 fully saturated rings. The molecule has 20 heavy (non-hydrogen) atoms. The van der Waals surface area contributed by atoms with Gasteiger partial charge in [0.05, 0.1) is 16.3 Å². The summed E-state index contributed by atoms with van der Waals surface area (Å²) in [6.45, 7) is 0. The van der Waals surface area contributed by atoms with Crippen LogP contribution in [-0.4, -0.2) is 4.98 Å². The molecular weight excluding hydrogens is 293 g/mol. The molecule has 0 spiro atoms. The van der Waals surface area contributed by atoms with E-state index >= 15 is 0 Å². The minimum absolute atomic E-state index is 0.0131. The highest BCUT2D eigenvalue weighted by Crippen LogP contribution is 2.33. The second-order valence-corrected chi connectivity index (χ2v) is 4.28. The lowest BCUT2D eigenvalue weighted by Gasteiger charge is -2.13. The van der Waals surface area contributed by atoms with Gasteiger partial charge >= 0.3 is 6.18 Å². The van der Waals surface area contributed by atoms with Gasteiger partial charge in [0, 0.05) is 0 Å². The number of hydrazine groups is 1. The monoisotopic (exact) mass is 302 g/mol. The van der Waals surface area contributed by atoms with Crippen molar-refractivity contribution in [2.45, 2.75) is 6.18 Å². The summed E-state index contributed by atoms with van der Waals surface area (Å²) in [6, 6.07) is 8.34. The maximum atomic E-state index is 12.8. The van der Waals surface area contributed by atoms with E-state index in [9.17, 15) is 13.2 Å². The van der Waals surface area contributed by atoms with Crippen LogP contribution in [0.3, 0.4) is 0 Å². The van der Waals surface area contributed by atoms with Crippen molar-refractivity contribution in [3.63, 3.8) is 0 Å². The summed E-state index contributed by atoms with van der Waals surface area (Å²) >= 11 is 5.92. The Morgan fingerprint density at radius 1 is 1.10 bits per heavy atom. The summed E-state index contributed by atoms with van der Waals surface area (Å²) < 4.78 is 38.3. The maximum Gasteiger partial charge on any atom is 0.416 e. The molecule has 0 aliphatic carbocycles. The molecular formula is C12H10ClF3N4. The molecule has 106 valence electrons. The molecule has 0 amide bonds. The molecule has 1 aromatic carbocycles. The van der Waals surface area contributed by atoms with E-state index in [1.165, 1.54) is 0 Å². The van der Waals surface area contributed by atoms with Crippen LogP contribution in [0.5, 0.6) is 0 Å². The molecule has 0 bridgehead atoms. The Morgan fingerprint density at radius 3 is 2.35 bits per heavy atom. The van der Waals surface area contributed by atoms with Crippen molar-refractivity contribution in [1.82, 2.24) is 4.98 Å². The standard InChI is InChI=1S/C12H10ClF3N4/c13-8-3-1-2-4-9(8)18-10-5-7(12(14,15)16)6-11(19-10)20-17/h1-6H,17H2,(H2,18,19,20). The lowest BCUT2D eigenvalue weighted by molar-refractivity contribution is -0.137. The average Bonchev–Trinajstić information content (AvgIpc) is 2.40. The molecule has 1 aromatic heterocycles. The van der Waals surface area contributed by atoms with Gasteiger partial charge in [-0.15, -0.1) is 0 Å². The van der Waals surface area contributed by atoms with Crippen LogP contribution >= 0.6 is 11.6 Å². The Balaban J connectivity index is 2.39. The average molecular weight is 303 g/mol. The number of nitrogens with two attached hydrogens (primary N) is 1. The normalized spacial score (nSPS) is 11.2. The van der Waals surface area contributed by atoms with Crippen LogP contribution in [0.2, 0.25) is 5.02 Å². The van der Waals surface area contributed by atoms with Crippen LogP contribution in [0, 0.1) is 0 Å². The van der Waals surface area contributed by atoms with Gasteiger partial charge in [0.1, 0.15) is 11.6 Å².